The van der Waals surface area contributed by atoms with Gasteiger partial charge >= 0.3 is 5.97 Å². The topological polar surface area (TPSA) is 57.6 Å². The molecule has 0 atom stereocenters. The summed E-state index contributed by atoms with van der Waals surface area (Å²) in [6.07, 6.45) is 12.7. The van der Waals surface area contributed by atoms with Crippen molar-refractivity contribution in [3.05, 3.63) is 0 Å². The second-order valence-electron chi connectivity index (χ2n) is 5.12. The highest BCUT2D eigenvalue weighted by Gasteiger charge is 2.24. The Hall–Kier alpha value is -1.50. The van der Waals surface area contributed by atoms with Crippen molar-refractivity contribution in [2.24, 2.45) is 0 Å². The quantitative estimate of drug-likeness (QED) is 0.568. The van der Waals surface area contributed by atoms with E-state index in [-0.39, 0.29) is 18.4 Å². The van der Waals surface area contributed by atoms with Gasteiger partial charge in [0.15, 0.2) is 0 Å². The SMILES string of the molecule is C#CCN(C(=O)CCCCC(=O)O)C1CCCCC1. The minimum atomic E-state index is -0.805. The fourth-order valence-electron chi connectivity index (χ4n) is 2.61. The summed E-state index contributed by atoms with van der Waals surface area (Å²) in [6, 6.07) is 0.289. The number of unbranched alkanes of at least 4 members (excludes halogenated alkanes) is 1. The Kier molecular flexibility index (Phi) is 7.02. The first-order valence-electron chi connectivity index (χ1n) is 7.10. The van der Waals surface area contributed by atoms with Crippen LogP contribution in [0, 0.1) is 12.3 Å². The molecule has 1 aliphatic carbocycles. The molecule has 0 aliphatic heterocycles. The van der Waals surface area contributed by atoms with Crippen molar-refractivity contribution < 1.29 is 14.7 Å². The maximum absolute atomic E-state index is 12.2. The van der Waals surface area contributed by atoms with Crippen LogP contribution >= 0.6 is 0 Å². The summed E-state index contributed by atoms with van der Waals surface area (Å²) in [5.41, 5.74) is 0. The standard InChI is InChI=1S/C15H23NO3/c1-2-12-16(13-8-4-3-5-9-13)14(17)10-6-7-11-15(18)19/h1,13H,3-12H2,(H,18,19). The van der Waals surface area contributed by atoms with Crippen LogP contribution in [0.2, 0.25) is 0 Å². The molecule has 4 heteroatoms. The number of carboxylic acids is 1. The summed E-state index contributed by atoms with van der Waals surface area (Å²) in [4.78, 5) is 24.4. The number of terminal acetylenes is 1. The molecule has 0 aromatic heterocycles. The largest absolute Gasteiger partial charge is 0.481 e. The molecule has 1 aliphatic rings. The van der Waals surface area contributed by atoms with Crippen molar-refractivity contribution in [2.45, 2.75) is 63.8 Å². The first kappa shape index (κ1) is 15.6. The van der Waals surface area contributed by atoms with Gasteiger partial charge in [-0.25, -0.2) is 0 Å². The van der Waals surface area contributed by atoms with Gasteiger partial charge in [0.2, 0.25) is 5.91 Å². The molecule has 0 aromatic carbocycles. The van der Waals surface area contributed by atoms with E-state index in [1.165, 1.54) is 6.42 Å². The number of aliphatic carboxylic acids is 1. The van der Waals surface area contributed by atoms with Crippen LogP contribution < -0.4 is 0 Å². The van der Waals surface area contributed by atoms with E-state index in [9.17, 15) is 9.59 Å². The maximum atomic E-state index is 12.2. The van der Waals surface area contributed by atoms with Crippen LogP contribution in [0.4, 0.5) is 0 Å². The highest BCUT2D eigenvalue weighted by Crippen LogP contribution is 2.23. The lowest BCUT2D eigenvalue weighted by molar-refractivity contribution is -0.138. The van der Waals surface area contributed by atoms with Gasteiger partial charge in [0.25, 0.3) is 0 Å². The predicted octanol–water partition coefficient (Wildman–Crippen LogP) is 2.43. The molecule has 4 nitrogen and oxygen atoms in total. The number of rotatable bonds is 7. The van der Waals surface area contributed by atoms with Gasteiger partial charge < -0.3 is 10.0 Å². The molecule has 0 heterocycles. The monoisotopic (exact) mass is 265 g/mol. The third kappa shape index (κ3) is 5.78. The Morgan fingerprint density at radius 3 is 2.37 bits per heavy atom. The van der Waals surface area contributed by atoms with Gasteiger partial charge in [-0.1, -0.05) is 25.2 Å². The molecule has 0 saturated heterocycles. The Morgan fingerprint density at radius 2 is 1.79 bits per heavy atom. The number of hydrogen-bond acceptors (Lipinski definition) is 2. The van der Waals surface area contributed by atoms with E-state index in [0.29, 0.717) is 25.8 Å². The van der Waals surface area contributed by atoms with Gasteiger partial charge in [0.05, 0.1) is 6.54 Å². The van der Waals surface area contributed by atoms with E-state index >= 15 is 0 Å². The first-order valence-corrected chi connectivity index (χ1v) is 7.10. The number of hydrogen-bond donors (Lipinski definition) is 1. The maximum Gasteiger partial charge on any atom is 0.303 e. The molecule has 0 spiro atoms. The number of carboxylic acid groups (broad SMARTS) is 1. The highest BCUT2D eigenvalue weighted by atomic mass is 16.4. The van der Waals surface area contributed by atoms with Gasteiger partial charge in [-0.2, -0.15) is 0 Å². The Labute approximate surface area is 115 Å². The fourth-order valence-corrected chi connectivity index (χ4v) is 2.61. The third-order valence-corrected chi connectivity index (χ3v) is 3.63. The predicted molar refractivity (Wildman–Crippen MR) is 73.5 cm³/mol. The van der Waals surface area contributed by atoms with Gasteiger partial charge in [-0.15, -0.1) is 6.42 Å². The summed E-state index contributed by atoms with van der Waals surface area (Å²) in [5.74, 6) is 1.84. The van der Waals surface area contributed by atoms with E-state index in [1.807, 2.05) is 4.90 Å². The van der Waals surface area contributed by atoms with E-state index in [0.717, 1.165) is 25.7 Å². The van der Waals surface area contributed by atoms with Gasteiger partial charge in [-0.05, 0) is 25.7 Å². The smallest absolute Gasteiger partial charge is 0.303 e. The van der Waals surface area contributed by atoms with Crippen molar-refractivity contribution in [1.82, 2.24) is 4.90 Å². The number of carbonyl (C=O) groups excluding carboxylic acids is 1. The molecule has 0 unspecified atom stereocenters. The Balaban J connectivity index is 2.39. The minimum absolute atomic E-state index is 0.0789. The Morgan fingerprint density at radius 1 is 1.16 bits per heavy atom. The van der Waals surface area contributed by atoms with Gasteiger partial charge in [0.1, 0.15) is 0 Å². The second kappa shape index (κ2) is 8.58. The van der Waals surface area contributed by atoms with Crippen LogP contribution in [0.25, 0.3) is 0 Å². The van der Waals surface area contributed by atoms with Crippen LogP contribution in [0.5, 0.6) is 0 Å². The number of carbonyl (C=O) groups is 2. The van der Waals surface area contributed by atoms with Crippen molar-refractivity contribution in [1.29, 1.82) is 0 Å². The van der Waals surface area contributed by atoms with E-state index in [4.69, 9.17) is 11.5 Å². The molecule has 106 valence electrons. The summed E-state index contributed by atoms with van der Waals surface area (Å²) < 4.78 is 0. The first-order chi connectivity index (χ1) is 9.15. The van der Waals surface area contributed by atoms with Crippen LogP contribution in [0.3, 0.4) is 0 Å². The molecule has 1 rings (SSSR count). The number of nitrogens with zero attached hydrogens (tertiary/aromatic N) is 1. The lowest BCUT2D eigenvalue weighted by Gasteiger charge is -2.33. The lowest BCUT2D eigenvalue weighted by Crippen LogP contribution is -2.41. The Bertz CT molecular complexity index is 340. The normalized spacial score (nSPS) is 15.7. The molecule has 0 radical (unpaired) electrons. The molecule has 1 amide bonds. The van der Waals surface area contributed by atoms with Gasteiger partial charge in [-0.3, -0.25) is 9.59 Å². The summed E-state index contributed by atoms with van der Waals surface area (Å²) >= 11 is 0. The zero-order valence-electron chi connectivity index (χ0n) is 11.4. The molecular weight excluding hydrogens is 242 g/mol. The average molecular weight is 265 g/mol. The van der Waals surface area contributed by atoms with Crippen molar-refractivity contribution in [2.75, 3.05) is 6.54 Å². The third-order valence-electron chi connectivity index (χ3n) is 3.63. The van der Waals surface area contributed by atoms with Crippen LogP contribution in [0.1, 0.15) is 57.8 Å². The van der Waals surface area contributed by atoms with Crippen LogP contribution in [-0.4, -0.2) is 34.5 Å². The van der Waals surface area contributed by atoms with Crippen LogP contribution in [-0.2, 0) is 9.59 Å². The van der Waals surface area contributed by atoms with E-state index < -0.39 is 5.97 Å². The lowest BCUT2D eigenvalue weighted by atomic mass is 9.94. The van der Waals surface area contributed by atoms with Crippen LogP contribution in [0.15, 0.2) is 0 Å². The zero-order valence-corrected chi connectivity index (χ0v) is 11.4. The minimum Gasteiger partial charge on any atom is -0.481 e. The van der Waals surface area contributed by atoms with Gasteiger partial charge in [0, 0.05) is 18.9 Å². The van der Waals surface area contributed by atoms with Crippen molar-refractivity contribution in [3.63, 3.8) is 0 Å². The molecule has 1 N–H and O–H groups in total. The van der Waals surface area contributed by atoms with Crippen molar-refractivity contribution in [3.8, 4) is 12.3 Å². The molecule has 0 bridgehead atoms. The summed E-state index contributed by atoms with van der Waals surface area (Å²) in [5, 5.41) is 8.55. The highest BCUT2D eigenvalue weighted by molar-refractivity contribution is 5.77. The second-order valence-corrected chi connectivity index (χ2v) is 5.12. The summed E-state index contributed by atoms with van der Waals surface area (Å²) in [7, 11) is 0. The number of amides is 1. The molecule has 19 heavy (non-hydrogen) atoms. The van der Waals surface area contributed by atoms with E-state index in [1.54, 1.807) is 0 Å². The summed E-state index contributed by atoms with van der Waals surface area (Å²) in [6.45, 7) is 0.377. The molecule has 1 fully saturated rings. The van der Waals surface area contributed by atoms with Crippen molar-refractivity contribution >= 4 is 11.9 Å². The van der Waals surface area contributed by atoms with E-state index in [2.05, 4.69) is 5.92 Å². The zero-order chi connectivity index (χ0) is 14.1. The fraction of sp³-hybridized carbons (Fsp3) is 0.733. The average Bonchev–Trinajstić information content (AvgIpc) is 2.41. The molecular formula is C15H23NO3. The molecule has 1 saturated carbocycles. The molecule has 0 aromatic rings.